The molecule has 1 aliphatic rings. The van der Waals surface area contributed by atoms with Gasteiger partial charge in [-0.3, -0.25) is 0 Å². The minimum Gasteiger partial charge on any atom is -0.378 e. The number of ether oxygens (including phenoxy) is 8. The summed E-state index contributed by atoms with van der Waals surface area (Å²) < 4.78 is 43.8. The minimum absolute atomic E-state index is 0.565. The van der Waals surface area contributed by atoms with Gasteiger partial charge < -0.3 is 48.5 Å². The molecule has 0 unspecified atom stereocenters. The molecule has 0 aromatic carbocycles. The third-order valence-electron chi connectivity index (χ3n) is 3.92. The molecule has 10 heteroatoms. The summed E-state index contributed by atoms with van der Waals surface area (Å²) in [5, 5.41) is 6.53. The summed E-state index contributed by atoms with van der Waals surface area (Å²) in [6, 6.07) is 0. The molecule has 1 heterocycles. The van der Waals surface area contributed by atoms with Crippen LogP contribution in [0.3, 0.4) is 0 Å². The average Bonchev–Trinajstić information content (AvgIpc) is 2.76. The van der Waals surface area contributed by atoms with E-state index in [-0.39, 0.29) is 0 Å². The molecule has 1 saturated heterocycles. The minimum atomic E-state index is 0.565. The zero-order valence-electron chi connectivity index (χ0n) is 18.4. The number of rotatable bonds is 0. The average molecular weight is 439 g/mol. The van der Waals surface area contributed by atoms with Gasteiger partial charge in [0, 0.05) is 26.2 Å². The van der Waals surface area contributed by atoms with E-state index in [9.17, 15) is 0 Å². The van der Waals surface area contributed by atoms with Crippen LogP contribution in [-0.4, -0.2) is 132 Å². The first-order valence-electron chi connectivity index (χ1n) is 11.0. The molecule has 0 atom stereocenters. The number of nitrogens with one attached hydrogen (secondary N) is 2. The van der Waals surface area contributed by atoms with Crippen LogP contribution < -0.4 is 10.6 Å². The van der Waals surface area contributed by atoms with Crippen molar-refractivity contribution in [1.29, 1.82) is 0 Å². The van der Waals surface area contributed by atoms with Gasteiger partial charge in [0.2, 0.25) is 0 Å². The second kappa shape index (κ2) is 24.9. The monoisotopic (exact) mass is 438 g/mol. The summed E-state index contributed by atoms with van der Waals surface area (Å²) >= 11 is 0. The van der Waals surface area contributed by atoms with Crippen molar-refractivity contribution in [3.05, 3.63) is 0 Å². The van der Waals surface area contributed by atoms with E-state index in [1.54, 1.807) is 0 Å². The summed E-state index contributed by atoms with van der Waals surface area (Å²) in [6.07, 6.45) is 0. The molecule has 0 radical (unpaired) electrons. The van der Waals surface area contributed by atoms with E-state index in [1.807, 2.05) is 0 Å². The van der Waals surface area contributed by atoms with Crippen LogP contribution in [0.4, 0.5) is 0 Å². The summed E-state index contributed by atoms with van der Waals surface area (Å²) in [5.41, 5.74) is 0. The second-order valence-electron chi connectivity index (χ2n) is 6.40. The molecule has 0 aromatic rings. The smallest absolute Gasteiger partial charge is 0.0701 e. The van der Waals surface area contributed by atoms with Crippen LogP contribution in [0.25, 0.3) is 0 Å². The molecule has 180 valence electrons. The molecule has 1 fully saturated rings. The zero-order chi connectivity index (χ0) is 21.2. The highest BCUT2D eigenvalue weighted by molar-refractivity contribution is 4.47. The third kappa shape index (κ3) is 22.3. The van der Waals surface area contributed by atoms with Gasteiger partial charge in [0.05, 0.1) is 106 Å². The highest BCUT2D eigenvalue weighted by atomic mass is 16.6. The van der Waals surface area contributed by atoms with Crippen molar-refractivity contribution >= 4 is 0 Å². The lowest BCUT2D eigenvalue weighted by Crippen LogP contribution is -2.25. The van der Waals surface area contributed by atoms with Gasteiger partial charge in [-0.25, -0.2) is 0 Å². The molecule has 0 saturated carbocycles. The first kappa shape index (κ1) is 27.6. The van der Waals surface area contributed by atoms with E-state index in [4.69, 9.17) is 37.9 Å². The van der Waals surface area contributed by atoms with Gasteiger partial charge in [-0.15, -0.1) is 0 Å². The highest BCUT2D eigenvalue weighted by Gasteiger charge is 1.96. The van der Waals surface area contributed by atoms with E-state index in [1.165, 1.54) is 0 Å². The van der Waals surface area contributed by atoms with Crippen LogP contribution in [-0.2, 0) is 37.9 Å². The van der Waals surface area contributed by atoms with Gasteiger partial charge in [-0.05, 0) is 0 Å². The molecule has 1 aliphatic heterocycles. The van der Waals surface area contributed by atoms with Crippen LogP contribution in [0.15, 0.2) is 0 Å². The summed E-state index contributed by atoms with van der Waals surface area (Å²) in [5.74, 6) is 0. The predicted molar refractivity (Wildman–Crippen MR) is 112 cm³/mol. The van der Waals surface area contributed by atoms with E-state index in [2.05, 4.69) is 10.6 Å². The SMILES string of the molecule is C1COCCOCCOCCOCCNCCOCCOCCOCCOCCN1. The van der Waals surface area contributed by atoms with Crippen LogP contribution in [0, 0.1) is 0 Å². The zero-order valence-corrected chi connectivity index (χ0v) is 18.4. The molecule has 0 amide bonds. The topological polar surface area (TPSA) is 97.9 Å². The molecule has 0 aliphatic carbocycles. The Balaban J connectivity index is 2.00. The van der Waals surface area contributed by atoms with Crippen molar-refractivity contribution in [3.8, 4) is 0 Å². The Morgan fingerprint density at radius 1 is 0.233 bits per heavy atom. The fourth-order valence-electron chi connectivity index (χ4n) is 2.35. The Morgan fingerprint density at radius 2 is 0.400 bits per heavy atom. The standard InChI is InChI=1S/C20H42N2O8/c1-5-23-9-13-27-17-18-29-15-11-25-7-3-22-4-8-26-12-16-30-20-19-28-14-10-24-6-2-21-1/h21-22H,1-20H2. The van der Waals surface area contributed by atoms with Crippen LogP contribution >= 0.6 is 0 Å². The molecule has 1 rings (SSSR count). The Morgan fingerprint density at radius 3 is 0.600 bits per heavy atom. The Hall–Kier alpha value is -0.400. The van der Waals surface area contributed by atoms with Crippen LogP contribution in [0.5, 0.6) is 0 Å². The van der Waals surface area contributed by atoms with Crippen molar-refractivity contribution < 1.29 is 37.9 Å². The van der Waals surface area contributed by atoms with Crippen molar-refractivity contribution in [1.82, 2.24) is 10.6 Å². The first-order valence-corrected chi connectivity index (χ1v) is 11.0. The van der Waals surface area contributed by atoms with Gasteiger partial charge in [-0.1, -0.05) is 0 Å². The summed E-state index contributed by atoms with van der Waals surface area (Å²) in [4.78, 5) is 0. The lowest BCUT2D eigenvalue weighted by molar-refractivity contribution is -0.00426. The van der Waals surface area contributed by atoms with Crippen LogP contribution in [0.1, 0.15) is 0 Å². The van der Waals surface area contributed by atoms with Crippen LogP contribution in [0.2, 0.25) is 0 Å². The molecule has 0 bridgehead atoms. The maximum absolute atomic E-state index is 5.49. The fraction of sp³-hybridized carbons (Fsp3) is 1.00. The van der Waals surface area contributed by atoms with Gasteiger partial charge in [0.15, 0.2) is 0 Å². The summed E-state index contributed by atoms with van der Waals surface area (Å²) in [7, 11) is 0. The first-order chi connectivity index (χ1) is 15.0. The van der Waals surface area contributed by atoms with Gasteiger partial charge in [0.1, 0.15) is 0 Å². The fourth-order valence-corrected chi connectivity index (χ4v) is 2.35. The second-order valence-corrected chi connectivity index (χ2v) is 6.40. The summed E-state index contributed by atoms with van der Waals surface area (Å²) in [6.45, 7) is 12.7. The molecule has 2 N–H and O–H groups in total. The molecular weight excluding hydrogens is 396 g/mol. The lowest BCUT2D eigenvalue weighted by atomic mass is 10.6. The predicted octanol–water partition coefficient (Wildman–Crippen LogP) is -0.688. The van der Waals surface area contributed by atoms with E-state index >= 15 is 0 Å². The quantitative estimate of drug-likeness (QED) is 0.506. The van der Waals surface area contributed by atoms with Crippen molar-refractivity contribution in [2.75, 3.05) is 132 Å². The van der Waals surface area contributed by atoms with E-state index in [0.717, 1.165) is 26.2 Å². The Bertz CT molecular complexity index is 182. The Labute approximate surface area is 181 Å². The van der Waals surface area contributed by atoms with Crippen molar-refractivity contribution in [2.45, 2.75) is 0 Å². The maximum Gasteiger partial charge on any atom is 0.0701 e. The van der Waals surface area contributed by atoms with Gasteiger partial charge >= 0.3 is 0 Å². The lowest BCUT2D eigenvalue weighted by Gasteiger charge is -2.10. The number of hydrogen-bond donors (Lipinski definition) is 2. The molecule has 10 nitrogen and oxygen atoms in total. The molecule has 30 heavy (non-hydrogen) atoms. The van der Waals surface area contributed by atoms with Crippen molar-refractivity contribution in [3.63, 3.8) is 0 Å². The largest absolute Gasteiger partial charge is 0.378 e. The van der Waals surface area contributed by atoms with Crippen molar-refractivity contribution in [2.24, 2.45) is 0 Å². The maximum atomic E-state index is 5.49. The molecular formula is C20H42N2O8. The van der Waals surface area contributed by atoms with E-state index in [0.29, 0.717) is 106 Å². The third-order valence-corrected chi connectivity index (χ3v) is 3.92. The normalized spacial score (nSPS) is 24.0. The number of hydrogen-bond acceptors (Lipinski definition) is 10. The van der Waals surface area contributed by atoms with Gasteiger partial charge in [-0.2, -0.15) is 0 Å². The molecule has 0 aromatic heterocycles. The van der Waals surface area contributed by atoms with Gasteiger partial charge in [0.25, 0.3) is 0 Å². The van der Waals surface area contributed by atoms with E-state index < -0.39 is 0 Å². The molecule has 0 spiro atoms. The highest BCUT2D eigenvalue weighted by Crippen LogP contribution is 1.85. The Kier molecular flexibility index (Phi) is 22.9.